The highest BCUT2D eigenvalue weighted by Crippen LogP contribution is 2.34. The van der Waals surface area contributed by atoms with Crippen molar-refractivity contribution < 1.29 is 54.1 Å². The number of unbranched alkanes of at least 4 members (excludes halogenated alkanes) is 1. The lowest BCUT2D eigenvalue weighted by molar-refractivity contribution is -0.315. The van der Waals surface area contributed by atoms with Gasteiger partial charge >= 0.3 is 6.03 Å². The lowest BCUT2D eigenvalue weighted by Gasteiger charge is -2.47. The Balaban J connectivity index is 1.09. The molecule has 0 aromatic rings. The Bertz CT molecular complexity index is 1070. The highest BCUT2D eigenvalue weighted by molar-refractivity contribution is 8.00. The van der Waals surface area contributed by atoms with Crippen LogP contribution in [0, 0.1) is 0 Å². The molecular weight excluding hydrogens is 642 g/mol. The van der Waals surface area contributed by atoms with Crippen molar-refractivity contribution in [3.05, 3.63) is 0 Å². The van der Waals surface area contributed by atoms with Crippen LogP contribution >= 0.6 is 11.8 Å². The first-order valence-electron chi connectivity index (χ1n) is 16.3. The van der Waals surface area contributed by atoms with Gasteiger partial charge in [-0.05, 0) is 25.7 Å². The predicted molar refractivity (Wildman–Crippen MR) is 166 cm³/mol. The molecule has 0 unspecified atom stereocenters. The minimum atomic E-state index is -1.48. The summed E-state index contributed by atoms with van der Waals surface area (Å²) in [5.41, 5.74) is 24.7. The van der Waals surface area contributed by atoms with Gasteiger partial charge in [-0.1, -0.05) is 6.42 Å². The minimum Gasteiger partial charge on any atom is -0.394 e. The second-order valence-corrected chi connectivity index (χ2v) is 14.5. The van der Waals surface area contributed by atoms with Gasteiger partial charge in [-0.3, -0.25) is 4.79 Å². The van der Waals surface area contributed by atoms with E-state index in [4.69, 9.17) is 41.9 Å². The number of nitrogens with two attached hydrogens (primary N) is 4. The van der Waals surface area contributed by atoms with Crippen molar-refractivity contribution in [2.75, 3.05) is 18.9 Å². The fourth-order valence-electron chi connectivity index (χ4n) is 6.98. The lowest BCUT2D eigenvalue weighted by atomic mass is 9.84. The third-order valence-corrected chi connectivity index (χ3v) is 11.3. The van der Waals surface area contributed by atoms with Gasteiger partial charge in [-0.15, -0.1) is 0 Å². The summed E-state index contributed by atoms with van der Waals surface area (Å²) < 4.78 is 23.4. The third-order valence-electron chi connectivity index (χ3n) is 9.76. The summed E-state index contributed by atoms with van der Waals surface area (Å²) in [4.78, 5) is 24.1. The molecule has 16 N–H and O–H groups in total. The van der Waals surface area contributed by atoms with Crippen molar-refractivity contribution in [1.82, 2.24) is 16.0 Å². The zero-order valence-corrected chi connectivity index (χ0v) is 26.9. The summed E-state index contributed by atoms with van der Waals surface area (Å²) in [6.07, 6.45) is -9.02. The molecule has 0 bridgehead atoms. The fourth-order valence-corrected chi connectivity index (χ4v) is 8.52. The van der Waals surface area contributed by atoms with Gasteiger partial charge in [0.1, 0.15) is 42.7 Å². The molecular formula is C28H51N7O11S. The van der Waals surface area contributed by atoms with E-state index in [0.717, 1.165) is 18.6 Å². The van der Waals surface area contributed by atoms with Crippen LogP contribution in [0.1, 0.15) is 38.5 Å². The van der Waals surface area contributed by atoms with Crippen LogP contribution in [0.5, 0.6) is 0 Å². The number of aliphatic hydroxyl groups excluding tert-OH is 5. The number of thioether (sulfide) groups is 1. The Kier molecular flexibility index (Phi) is 12.6. The molecule has 0 spiro atoms. The van der Waals surface area contributed by atoms with Crippen molar-refractivity contribution in [3.63, 3.8) is 0 Å². The molecule has 0 aromatic carbocycles. The van der Waals surface area contributed by atoms with Gasteiger partial charge in [-0.25, -0.2) is 4.79 Å². The van der Waals surface area contributed by atoms with Gasteiger partial charge in [0.15, 0.2) is 12.6 Å². The van der Waals surface area contributed by atoms with Crippen molar-refractivity contribution in [2.45, 2.75) is 141 Å². The molecule has 4 aliphatic heterocycles. The van der Waals surface area contributed by atoms with E-state index in [1.54, 1.807) is 0 Å². The van der Waals surface area contributed by atoms with E-state index in [1.807, 2.05) is 11.8 Å². The molecule has 5 aliphatic rings. The first-order chi connectivity index (χ1) is 22.4. The Hall–Kier alpha value is -1.43. The fraction of sp³-hybridized carbons (Fsp3) is 0.929. The van der Waals surface area contributed by atoms with Gasteiger partial charge in [0.25, 0.3) is 0 Å². The van der Waals surface area contributed by atoms with Crippen molar-refractivity contribution >= 4 is 23.7 Å². The number of rotatable bonds is 12. The number of hydrogen-bond acceptors (Lipinski definition) is 16. The van der Waals surface area contributed by atoms with E-state index in [0.29, 0.717) is 18.1 Å². The molecule has 4 heterocycles. The van der Waals surface area contributed by atoms with Gasteiger partial charge in [0.2, 0.25) is 5.91 Å². The van der Waals surface area contributed by atoms with Crippen molar-refractivity contribution in [1.29, 1.82) is 0 Å². The number of urea groups is 1. The molecule has 0 radical (unpaired) electrons. The number of carbonyl (C=O) groups is 2. The van der Waals surface area contributed by atoms with Crippen molar-refractivity contribution in [3.8, 4) is 0 Å². The summed E-state index contributed by atoms with van der Waals surface area (Å²) in [7, 11) is 0. The topological polar surface area (TPSA) is 312 Å². The normalized spacial score (nSPS) is 46.8. The average Bonchev–Trinajstić information content (AvgIpc) is 3.58. The maximum absolute atomic E-state index is 12.6. The van der Waals surface area contributed by atoms with E-state index in [1.165, 1.54) is 0 Å². The largest absolute Gasteiger partial charge is 0.394 e. The van der Waals surface area contributed by atoms with Gasteiger partial charge < -0.3 is 83.4 Å². The van der Waals surface area contributed by atoms with E-state index in [-0.39, 0.29) is 43.4 Å². The standard InChI is InChI=1S/C28H51N7O11S/c29-10-5-11(30)25(46-27-22(40)19(32)21(39)16(8-36)44-27)23(41)24(10)45-26-12(31)6-14(37)15(43-26)7-33-18(38)4-2-1-3-17-20-13(9-47-17)34-28(42)35-20/h10-17,19-27,36-37,39-41H,1-9,29-32H2,(H,33,38)(H2,34,35,42)/t10-,11+,12-,13-,14-,15+,16-,17-,19-,20-,21+,22-,23+,24+,25-,26+,27+/m0/s1. The van der Waals surface area contributed by atoms with Crippen LogP contribution in [-0.4, -0.2) is 159 Å². The van der Waals surface area contributed by atoms with Crippen LogP contribution in [0.15, 0.2) is 0 Å². The Labute approximate surface area is 276 Å². The van der Waals surface area contributed by atoms with E-state index in [9.17, 15) is 35.1 Å². The number of amides is 3. The zero-order chi connectivity index (χ0) is 34.0. The molecule has 18 nitrogen and oxygen atoms in total. The molecule has 4 saturated heterocycles. The second kappa shape index (κ2) is 16.1. The second-order valence-electron chi connectivity index (χ2n) is 13.2. The Morgan fingerprint density at radius 2 is 1.57 bits per heavy atom. The molecule has 0 aromatic heterocycles. The highest BCUT2D eigenvalue weighted by Gasteiger charge is 2.50. The Morgan fingerprint density at radius 1 is 0.894 bits per heavy atom. The number of hydrogen-bond donors (Lipinski definition) is 12. The first kappa shape index (κ1) is 36.8. The van der Waals surface area contributed by atoms with Crippen LogP contribution < -0.4 is 38.9 Å². The van der Waals surface area contributed by atoms with Crippen LogP contribution in [0.4, 0.5) is 4.79 Å². The van der Waals surface area contributed by atoms with Crippen molar-refractivity contribution in [2.24, 2.45) is 22.9 Å². The van der Waals surface area contributed by atoms with Gasteiger partial charge in [0.05, 0.1) is 36.9 Å². The van der Waals surface area contributed by atoms with Gasteiger partial charge in [0, 0.05) is 36.1 Å². The monoisotopic (exact) mass is 693 g/mol. The van der Waals surface area contributed by atoms with Gasteiger partial charge in [-0.2, -0.15) is 11.8 Å². The van der Waals surface area contributed by atoms with Crippen LogP contribution in [-0.2, 0) is 23.7 Å². The maximum Gasteiger partial charge on any atom is 0.315 e. The molecule has 19 heteroatoms. The summed E-state index contributed by atoms with van der Waals surface area (Å²) in [5.74, 6) is 0.689. The number of nitrogens with one attached hydrogen (secondary N) is 3. The first-order valence-corrected chi connectivity index (χ1v) is 17.3. The van der Waals surface area contributed by atoms with Crippen LogP contribution in [0.3, 0.4) is 0 Å². The SMILES string of the molecule is N[C@@H]1[C@H](O)[C@@H](O[C@@H]2[C@H](O)[C@H](O[C@H]3O[C@H](CNC(=O)CCCC[C@@H]4SC[C@@H]5NC(=O)N[C@@H]54)[C@@H](O)C[C@@H]3N)[C@@H](N)C[C@H]2N)O[C@@H](CO)[C@H]1O. The summed E-state index contributed by atoms with van der Waals surface area (Å²) in [6, 6.07) is -3.37. The molecule has 3 amide bonds. The van der Waals surface area contributed by atoms with E-state index < -0.39 is 92.2 Å². The maximum atomic E-state index is 12.6. The molecule has 5 rings (SSSR count). The molecule has 1 aliphatic carbocycles. The predicted octanol–water partition coefficient (Wildman–Crippen LogP) is -5.41. The summed E-state index contributed by atoms with van der Waals surface area (Å²) >= 11 is 1.83. The summed E-state index contributed by atoms with van der Waals surface area (Å²) in [6.45, 7) is -0.570. The molecule has 1 saturated carbocycles. The van der Waals surface area contributed by atoms with Crippen LogP contribution in [0.2, 0.25) is 0 Å². The molecule has 5 fully saturated rings. The Morgan fingerprint density at radius 3 is 2.28 bits per heavy atom. The smallest absolute Gasteiger partial charge is 0.315 e. The van der Waals surface area contributed by atoms with Crippen LogP contribution in [0.25, 0.3) is 0 Å². The highest BCUT2D eigenvalue weighted by atomic mass is 32.2. The average molecular weight is 694 g/mol. The molecule has 47 heavy (non-hydrogen) atoms. The lowest BCUT2D eigenvalue weighted by Crippen LogP contribution is -2.68. The molecule has 270 valence electrons. The summed E-state index contributed by atoms with van der Waals surface area (Å²) in [5, 5.41) is 61.1. The third kappa shape index (κ3) is 8.48. The minimum absolute atomic E-state index is 0.0113. The van der Waals surface area contributed by atoms with E-state index in [2.05, 4.69) is 16.0 Å². The van der Waals surface area contributed by atoms with E-state index >= 15 is 0 Å². The zero-order valence-electron chi connectivity index (χ0n) is 26.1. The molecule has 17 atom stereocenters. The number of ether oxygens (including phenoxy) is 4. The number of fused-ring (bicyclic) bond motifs is 1. The quantitative estimate of drug-likeness (QED) is 0.0670. The number of carbonyl (C=O) groups excluding carboxylic acids is 2. The number of aliphatic hydroxyl groups is 5.